The fraction of sp³-hybridized carbons (Fsp3) is 0.192. The normalized spacial score (nSPS) is 16.4. The van der Waals surface area contributed by atoms with Crippen LogP contribution in [0.4, 0.5) is 4.39 Å². The van der Waals surface area contributed by atoms with Gasteiger partial charge in [0, 0.05) is 34.8 Å². The molecule has 0 atom stereocenters. The van der Waals surface area contributed by atoms with Crippen LogP contribution in [0.2, 0.25) is 10.0 Å². The summed E-state index contributed by atoms with van der Waals surface area (Å²) in [6.45, 7) is 3.70. The number of halogens is 3. The first-order valence-electron chi connectivity index (χ1n) is 10.6. The van der Waals surface area contributed by atoms with Crippen molar-refractivity contribution in [3.05, 3.63) is 98.0 Å². The van der Waals surface area contributed by atoms with Crippen molar-refractivity contribution >= 4 is 35.1 Å². The van der Waals surface area contributed by atoms with Crippen molar-refractivity contribution in [1.29, 1.82) is 0 Å². The number of fused-ring (bicyclic) bond motifs is 2. The van der Waals surface area contributed by atoms with Crippen LogP contribution in [0.1, 0.15) is 32.6 Å². The number of rotatable bonds is 4. The summed E-state index contributed by atoms with van der Waals surface area (Å²) < 4.78 is 26.1. The average molecular weight is 484 g/mol. The van der Waals surface area contributed by atoms with Gasteiger partial charge in [-0.2, -0.15) is 0 Å². The molecular formula is C26H20Cl2FNO3. The molecule has 2 aliphatic heterocycles. The Morgan fingerprint density at radius 2 is 1.88 bits per heavy atom. The van der Waals surface area contributed by atoms with Crippen molar-refractivity contribution in [3.8, 4) is 11.5 Å². The Morgan fingerprint density at radius 3 is 2.67 bits per heavy atom. The minimum Gasteiger partial charge on any atom is -0.477 e. The van der Waals surface area contributed by atoms with Crippen molar-refractivity contribution in [2.24, 2.45) is 0 Å². The smallest absolute Gasteiger partial charge is 0.231 e. The molecule has 0 amide bonds. The Labute approximate surface area is 201 Å². The number of Topliss-reactive ketones (excluding diaryl/α,β-unsaturated/α-hetero) is 1. The second kappa shape index (κ2) is 8.82. The standard InChI is InChI=1S/C26H20Cl2FNO3/c1-15-25-17(13-30(14-32-25)10-9-16-5-2-3-6-20(16)27)11-19-24(31)23(33-26(15)19)12-18-21(28)7-4-8-22(18)29/h2-8,11-12H,9-10,13-14H2,1H3/b23-12-. The number of carbonyl (C=O) groups excluding carboxylic acids is 1. The summed E-state index contributed by atoms with van der Waals surface area (Å²) in [6, 6.07) is 14.0. The molecule has 0 unspecified atom stereocenters. The molecular weight excluding hydrogens is 464 g/mol. The zero-order valence-corrected chi connectivity index (χ0v) is 19.3. The second-order valence-electron chi connectivity index (χ2n) is 8.11. The Morgan fingerprint density at radius 1 is 1.09 bits per heavy atom. The van der Waals surface area contributed by atoms with Crippen LogP contribution in [-0.2, 0) is 13.0 Å². The number of ketones is 1. The molecule has 0 radical (unpaired) electrons. The quantitative estimate of drug-likeness (QED) is 0.399. The van der Waals surface area contributed by atoms with Crippen LogP contribution >= 0.6 is 23.2 Å². The van der Waals surface area contributed by atoms with E-state index in [2.05, 4.69) is 4.90 Å². The third-order valence-corrected chi connectivity index (χ3v) is 6.63. The van der Waals surface area contributed by atoms with Crippen LogP contribution in [-0.4, -0.2) is 24.0 Å². The van der Waals surface area contributed by atoms with Crippen LogP contribution in [0.15, 0.2) is 54.3 Å². The summed E-state index contributed by atoms with van der Waals surface area (Å²) in [7, 11) is 0. The Balaban J connectivity index is 1.39. The van der Waals surface area contributed by atoms with Gasteiger partial charge in [-0.25, -0.2) is 4.39 Å². The molecule has 0 bridgehead atoms. The average Bonchev–Trinajstić information content (AvgIpc) is 3.11. The minimum atomic E-state index is -0.518. The molecule has 2 aliphatic rings. The lowest BCUT2D eigenvalue weighted by atomic mass is 9.99. The second-order valence-corrected chi connectivity index (χ2v) is 8.92. The van der Waals surface area contributed by atoms with Crippen molar-refractivity contribution in [1.82, 2.24) is 4.90 Å². The molecule has 7 heteroatoms. The highest BCUT2D eigenvalue weighted by Crippen LogP contribution is 2.43. The zero-order valence-electron chi connectivity index (χ0n) is 17.8. The molecule has 2 heterocycles. The fourth-order valence-corrected chi connectivity index (χ4v) is 4.65. The molecule has 3 aromatic rings. The summed E-state index contributed by atoms with van der Waals surface area (Å²) >= 11 is 12.4. The van der Waals surface area contributed by atoms with E-state index in [1.54, 1.807) is 6.07 Å². The SMILES string of the molecule is Cc1c2c(cc3c1O/C(=C\c1c(F)cccc1Cl)C3=O)CN(CCc1ccccc1Cl)CO2. The lowest BCUT2D eigenvalue weighted by molar-refractivity contribution is 0.0954. The maximum Gasteiger partial charge on any atom is 0.231 e. The van der Waals surface area contributed by atoms with Gasteiger partial charge in [0.25, 0.3) is 0 Å². The Kier molecular flexibility index (Phi) is 5.87. The van der Waals surface area contributed by atoms with Gasteiger partial charge in [-0.15, -0.1) is 0 Å². The molecule has 0 aromatic heterocycles. The van der Waals surface area contributed by atoms with Crippen molar-refractivity contribution in [2.75, 3.05) is 13.3 Å². The van der Waals surface area contributed by atoms with E-state index < -0.39 is 5.82 Å². The molecule has 0 aliphatic carbocycles. The molecule has 0 N–H and O–H groups in total. The van der Waals surface area contributed by atoms with Gasteiger partial charge in [-0.1, -0.05) is 47.5 Å². The molecule has 4 nitrogen and oxygen atoms in total. The number of ether oxygens (including phenoxy) is 2. The van der Waals surface area contributed by atoms with Gasteiger partial charge >= 0.3 is 0 Å². The van der Waals surface area contributed by atoms with Crippen molar-refractivity contribution < 1.29 is 18.7 Å². The highest BCUT2D eigenvalue weighted by molar-refractivity contribution is 6.32. The van der Waals surface area contributed by atoms with Gasteiger partial charge in [0.2, 0.25) is 5.78 Å². The lowest BCUT2D eigenvalue weighted by Crippen LogP contribution is -2.34. The molecule has 0 saturated carbocycles. The zero-order chi connectivity index (χ0) is 23.1. The summed E-state index contributed by atoms with van der Waals surface area (Å²) in [6.07, 6.45) is 2.15. The predicted molar refractivity (Wildman–Crippen MR) is 127 cm³/mol. The van der Waals surface area contributed by atoms with Crippen molar-refractivity contribution in [3.63, 3.8) is 0 Å². The molecule has 5 rings (SSSR count). The molecule has 0 saturated heterocycles. The Bertz CT molecular complexity index is 1280. The number of carbonyl (C=O) groups is 1. The first-order valence-corrected chi connectivity index (χ1v) is 11.3. The third kappa shape index (κ3) is 4.12. The number of hydrogen-bond donors (Lipinski definition) is 0. The van der Waals surface area contributed by atoms with Gasteiger partial charge in [-0.3, -0.25) is 9.69 Å². The topological polar surface area (TPSA) is 38.8 Å². The predicted octanol–water partition coefficient (Wildman–Crippen LogP) is 6.45. The van der Waals surface area contributed by atoms with E-state index in [4.69, 9.17) is 32.7 Å². The van der Waals surface area contributed by atoms with E-state index in [-0.39, 0.29) is 22.1 Å². The first kappa shape index (κ1) is 22.0. The van der Waals surface area contributed by atoms with E-state index in [9.17, 15) is 9.18 Å². The summed E-state index contributed by atoms with van der Waals surface area (Å²) in [5, 5.41) is 0.963. The van der Waals surface area contributed by atoms with Crippen LogP contribution in [0.25, 0.3) is 6.08 Å². The van der Waals surface area contributed by atoms with Crippen LogP contribution in [0.5, 0.6) is 11.5 Å². The molecule has 33 heavy (non-hydrogen) atoms. The molecule has 168 valence electrons. The van der Waals surface area contributed by atoms with Crippen LogP contribution in [0, 0.1) is 12.7 Å². The van der Waals surface area contributed by atoms with Gasteiger partial charge in [0.15, 0.2) is 5.76 Å². The molecule has 3 aromatic carbocycles. The summed E-state index contributed by atoms with van der Waals surface area (Å²) in [4.78, 5) is 15.2. The summed E-state index contributed by atoms with van der Waals surface area (Å²) in [5.41, 5.74) is 3.32. The maximum absolute atomic E-state index is 14.2. The van der Waals surface area contributed by atoms with Gasteiger partial charge in [-0.05, 0) is 49.2 Å². The van der Waals surface area contributed by atoms with Crippen LogP contribution in [0.3, 0.4) is 0 Å². The first-order chi connectivity index (χ1) is 15.9. The van der Waals surface area contributed by atoms with Gasteiger partial charge in [0.05, 0.1) is 10.6 Å². The van der Waals surface area contributed by atoms with E-state index in [0.29, 0.717) is 24.6 Å². The summed E-state index contributed by atoms with van der Waals surface area (Å²) in [5.74, 6) is 0.389. The molecule has 0 fully saturated rings. The lowest BCUT2D eigenvalue weighted by Gasteiger charge is -2.30. The fourth-order valence-electron chi connectivity index (χ4n) is 4.20. The highest BCUT2D eigenvalue weighted by Gasteiger charge is 2.34. The van der Waals surface area contributed by atoms with Crippen molar-refractivity contribution in [2.45, 2.75) is 19.9 Å². The third-order valence-electron chi connectivity index (χ3n) is 5.93. The largest absolute Gasteiger partial charge is 0.477 e. The maximum atomic E-state index is 14.2. The van der Waals surface area contributed by atoms with Crippen LogP contribution < -0.4 is 9.47 Å². The van der Waals surface area contributed by atoms with Gasteiger partial charge in [0.1, 0.15) is 24.0 Å². The van der Waals surface area contributed by atoms with E-state index in [0.717, 1.165) is 40.4 Å². The number of allylic oxidation sites excluding steroid dienone is 1. The van der Waals surface area contributed by atoms with E-state index in [1.165, 1.54) is 18.2 Å². The monoisotopic (exact) mass is 483 g/mol. The van der Waals surface area contributed by atoms with Gasteiger partial charge < -0.3 is 9.47 Å². The highest BCUT2D eigenvalue weighted by atomic mass is 35.5. The Hall–Kier alpha value is -2.86. The van der Waals surface area contributed by atoms with E-state index >= 15 is 0 Å². The molecule has 0 spiro atoms. The number of benzene rings is 3. The minimum absolute atomic E-state index is 0.0398. The number of nitrogens with zero attached hydrogens (tertiary/aromatic N) is 1. The number of hydrogen-bond acceptors (Lipinski definition) is 4. The van der Waals surface area contributed by atoms with E-state index in [1.807, 2.05) is 37.3 Å².